The zero-order valence-electron chi connectivity index (χ0n) is 12.2. The summed E-state index contributed by atoms with van der Waals surface area (Å²) < 4.78 is 10.8. The van der Waals surface area contributed by atoms with E-state index in [2.05, 4.69) is 10.6 Å². The highest BCUT2D eigenvalue weighted by Gasteiger charge is 2.46. The van der Waals surface area contributed by atoms with Gasteiger partial charge in [0.15, 0.2) is 11.5 Å². The second-order valence-electron chi connectivity index (χ2n) is 5.84. The molecule has 1 aromatic carbocycles. The summed E-state index contributed by atoms with van der Waals surface area (Å²) in [6, 6.07) is 5.44. The standard InChI is InChI=1S/C15H17N3O4/c1-18-13-12(14(19)17-15(18)20)9(4-5-16-13)8-2-3-10-11(6-8)22-7-21-10/h2-3,6,9,12-13,16H,4-5,7H2,1H3,(H,17,19,20). The van der Waals surface area contributed by atoms with E-state index < -0.39 is 0 Å². The normalized spacial score (nSPS) is 30.0. The Bertz CT molecular complexity index is 648. The van der Waals surface area contributed by atoms with Gasteiger partial charge in [0.1, 0.15) is 0 Å². The van der Waals surface area contributed by atoms with Crippen LogP contribution in [0.3, 0.4) is 0 Å². The molecule has 2 N–H and O–H groups in total. The maximum atomic E-state index is 12.3. The van der Waals surface area contributed by atoms with Crippen molar-refractivity contribution in [2.75, 3.05) is 20.4 Å². The van der Waals surface area contributed by atoms with Crippen LogP contribution in [0.1, 0.15) is 17.9 Å². The number of hydrogen-bond acceptors (Lipinski definition) is 5. The van der Waals surface area contributed by atoms with Crippen molar-refractivity contribution in [3.05, 3.63) is 23.8 Å². The number of nitrogens with zero attached hydrogens (tertiary/aromatic N) is 1. The van der Waals surface area contributed by atoms with Crippen LogP contribution in [-0.4, -0.2) is 43.4 Å². The predicted molar refractivity (Wildman–Crippen MR) is 76.5 cm³/mol. The third kappa shape index (κ3) is 1.93. The van der Waals surface area contributed by atoms with Crippen LogP contribution in [0.15, 0.2) is 18.2 Å². The van der Waals surface area contributed by atoms with Crippen LogP contribution < -0.4 is 20.1 Å². The van der Waals surface area contributed by atoms with Crippen molar-refractivity contribution in [3.8, 4) is 11.5 Å². The molecule has 3 aliphatic heterocycles. The topological polar surface area (TPSA) is 79.9 Å². The Morgan fingerprint density at radius 3 is 2.91 bits per heavy atom. The molecular formula is C15H17N3O4. The van der Waals surface area contributed by atoms with Gasteiger partial charge < -0.3 is 14.4 Å². The van der Waals surface area contributed by atoms with Crippen LogP contribution in [0.2, 0.25) is 0 Å². The van der Waals surface area contributed by atoms with E-state index in [1.54, 1.807) is 11.9 Å². The van der Waals surface area contributed by atoms with Crippen molar-refractivity contribution in [1.29, 1.82) is 0 Å². The highest BCUT2D eigenvalue weighted by atomic mass is 16.7. The molecule has 0 aromatic heterocycles. The van der Waals surface area contributed by atoms with Gasteiger partial charge in [-0.1, -0.05) is 6.07 Å². The number of benzene rings is 1. The summed E-state index contributed by atoms with van der Waals surface area (Å²) in [5.41, 5.74) is 1.04. The summed E-state index contributed by atoms with van der Waals surface area (Å²) in [4.78, 5) is 25.7. The van der Waals surface area contributed by atoms with Crippen LogP contribution in [-0.2, 0) is 4.79 Å². The Kier molecular flexibility index (Phi) is 2.97. The second-order valence-corrected chi connectivity index (χ2v) is 5.84. The fourth-order valence-electron chi connectivity index (χ4n) is 3.54. The lowest BCUT2D eigenvalue weighted by atomic mass is 9.77. The molecule has 3 unspecified atom stereocenters. The van der Waals surface area contributed by atoms with E-state index in [0.717, 1.165) is 24.3 Å². The number of imide groups is 1. The van der Waals surface area contributed by atoms with Crippen LogP contribution in [0.5, 0.6) is 11.5 Å². The van der Waals surface area contributed by atoms with Crippen molar-refractivity contribution in [2.45, 2.75) is 18.5 Å². The quantitative estimate of drug-likeness (QED) is 0.795. The summed E-state index contributed by atoms with van der Waals surface area (Å²) in [5, 5.41) is 5.70. The minimum Gasteiger partial charge on any atom is -0.454 e. The minimum absolute atomic E-state index is 0.0382. The van der Waals surface area contributed by atoms with Gasteiger partial charge in [0.25, 0.3) is 0 Å². The van der Waals surface area contributed by atoms with Crippen LogP contribution in [0.25, 0.3) is 0 Å². The van der Waals surface area contributed by atoms with Gasteiger partial charge in [0.2, 0.25) is 12.7 Å². The number of nitrogens with one attached hydrogen (secondary N) is 2. The zero-order valence-corrected chi connectivity index (χ0v) is 12.2. The third-order valence-corrected chi connectivity index (χ3v) is 4.68. The molecule has 7 heteroatoms. The first kappa shape index (κ1) is 13.4. The SMILES string of the molecule is CN1C(=O)NC(=O)C2C(c3ccc4c(c3)OCO4)CCNC21. The highest BCUT2D eigenvalue weighted by molar-refractivity contribution is 5.99. The fraction of sp³-hybridized carbons (Fsp3) is 0.467. The number of urea groups is 1. The van der Waals surface area contributed by atoms with Crippen LogP contribution in [0.4, 0.5) is 4.79 Å². The molecule has 0 saturated carbocycles. The van der Waals surface area contributed by atoms with E-state index in [1.165, 1.54) is 0 Å². The van der Waals surface area contributed by atoms with Crippen molar-refractivity contribution < 1.29 is 19.1 Å². The molecule has 22 heavy (non-hydrogen) atoms. The van der Waals surface area contributed by atoms with E-state index in [-0.39, 0.29) is 36.7 Å². The van der Waals surface area contributed by atoms with Crippen molar-refractivity contribution in [2.24, 2.45) is 5.92 Å². The number of piperidine rings is 1. The van der Waals surface area contributed by atoms with Gasteiger partial charge in [0.05, 0.1) is 12.1 Å². The first-order valence-corrected chi connectivity index (χ1v) is 7.36. The van der Waals surface area contributed by atoms with Gasteiger partial charge in [-0.3, -0.25) is 15.4 Å². The number of ether oxygens (including phenoxy) is 2. The lowest BCUT2D eigenvalue weighted by Crippen LogP contribution is -2.66. The molecule has 7 nitrogen and oxygen atoms in total. The molecule has 3 atom stereocenters. The van der Waals surface area contributed by atoms with E-state index in [9.17, 15) is 9.59 Å². The Balaban J connectivity index is 1.69. The van der Waals surface area contributed by atoms with Gasteiger partial charge >= 0.3 is 6.03 Å². The lowest BCUT2D eigenvalue weighted by molar-refractivity contribution is -0.130. The molecule has 116 valence electrons. The molecule has 4 rings (SSSR count). The molecule has 2 saturated heterocycles. The molecule has 0 bridgehead atoms. The largest absolute Gasteiger partial charge is 0.454 e. The van der Waals surface area contributed by atoms with E-state index in [0.29, 0.717) is 5.75 Å². The van der Waals surface area contributed by atoms with Gasteiger partial charge in [-0.2, -0.15) is 0 Å². The maximum Gasteiger partial charge on any atom is 0.325 e. The second kappa shape index (κ2) is 4.88. The lowest BCUT2D eigenvalue weighted by Gasteiger charge is -2.45. The van der Waals surface area contributed by atoms with E-state index >= 15 is 0 Å². The Morgan fingerprint density at radius 2 is 2.05 bits per heavy atom. The Morgan fingerprint density at radius 1 is 1.23 bits per heavy atom. The number of amides is 3. The summed E-state index contributed by atoms with van der Waals surface area (Å²) in [6.45, 7) is 0.986. The van der Waals surface area contributed by atoms with Crippen molar-refractivity contribution in [3.63, 3.8) is 0 Å². The molecule has 0 spiro atoms. The van der Waals surface area contributed by atoms with Gasteiger partial charge in [0, 0.05) is 13.0 Å². The molecule has 3 aliphatic rings. The highest BCUT2D eigenvalue weighted by Crippen LogP contribution is 2.40. The Hall–Kier alpha value is -2.28. The smallest absolute Gasteiger partial charge is 0.325 e. The minimum atomic E-state index is -0.356. The van der Waals surface area contributed by atoms with E-state index in [4.69, 9.17) is 9.47 Å². The summed E-state index contributed by atoms with van der Waals surface area (Å²) in [6.07, 6.45) is 0.557. The molecular weight excluding hydrogens is 286 g/mol. The third-order valence-electron chi connectivity index (χ3n) is 4.68. The van der Waals surface area contributed by atoms with Crippen molar-refractivity contribution in [1.82, 2.24) is 15.5 Å². The van der Waals surface area contributed by atoms with Gasteiger partial charge in [-0.15, -0.1) is 0 Å². The number of rotatable bonds is 1. The average molecular weight is 303 g/mol. The monoisotopic (exact) mass is 303 g/mol. The summed E-state index contributed by atoms with van der Waals surface area (Å²) in [7, 11) is 1.70. The van der Waals surface area contributed by atoms with E-state index in [1.807, 2.05) is 18.2 Å². The predicted octanol–water partition coefficient (Wildman–Crippen LogP) is 0.616. The summed E-state index contributed by atoms with van der Waals surface area (Å²) in [5.74, 6) is 0.957. The first-order chi connectivity index (χ1) is 10.6. The van der Waals surface area contributed by atoms with Gasteiger partial charge in [-0.05, 0) is 30.7 Å². The number of fused-ring (bicyclic) bond motifs is 2. The molecule has 0 aliphatic carbocycles. The Labute approximate surface area is 127 Å². The first-order valence-electron chi connectivity index (χ1n) is 7.36. The van der Waals surface area contributed by atoms with Crippen molar-refractivity contribution >= 4 is 11.9 Å². The fourth-order valence-corrected chi connectivity index (χ4v) is 3.54. The molecule has 1 aromatic rings. The van der Waals surface area contributed by atoms with Crippen LogP contribution >= 0.6 is 0 Å². The van der Waals surface area contributed by atoms with Crippen LogP contribution in [0, 0.1) is 5.92 Å². The van der Waals surface area contributed by atoms with Gasteiger partial charge in [-0.25, -0.2) is 4.79 Å². The molecule has 3 amide bonds. The average Bonchev–Trinajstić information content (AvgIpc) is 2.99. The number of carbonyl (C=O) groups is 2. The molecule has 3 heterocycles. The molecule has 2 fully saturated rings. The number of hydrogen-bond donors (Lipinski definition) is 2. The maximum absolute atomic E-state index is 12.3. The molecule has 0 radical (unpaired) electrons. The summed E-state index contributed by atoms with van der Waals surface area (Å²) >= 11 is 0. The number of carbonyl (C=O) groups excluding carboxylic acids is 2. The zero-order chi connectivity index (χ0) is 15.3.